The van der Waals surface area contributed by atoms with Gasteiger partial charge in [-0.25, -0.2) is 34.9 Å². The topological polar surface area (TPSA) is 155 Å². The first-order valence-corrected chi connectivity index (χ1v) is 43.8. The van der Waals surface area contributed by atoms with Gasteiger partial charge in [0.2, 0.25) is 0 Å². The van der Waals surface area contributed by atoms with E-state index in [4.69, 9.17) is 59.8 Å². The summed E-state index contributed by atoms with van der Waals surface area (Å²) in [4.78, 5) is 60.2. The zero-order valence-electron chi connectivity index (χ0n) is 72.5. The number of rotatable bonds is 15. The summed E-state index contributed by atoms with van der Waals surface area (Å²) in [5, 5.41) is 6.54. The first kappa shape index (κ1) is 80.9. The van der Waals surface area contributed by atoms with Gasteiger partial charge in [0.25, 0.3) is 0 Å². The zero-order chi connectivity index (χ0) is 87.4. The molecule has 9 aromatic heterocycles. The molecule has 9 heterocycles. The van der Waals surface area contributed by atoms with Crippen LogP contribution in [0.5, 0.6) is 0 Å². The van der Waals surface area contributed by atoms with Gasteiger partial charge in [0.05, 0.1) is 73.0 Å². The number of nitrogens with zero attached hydrogens (tertiary/aromatic N) is 12. The molecule has 616 valence electrons. The summed E-state index contributed by atoms with van der Waals surface area (Å²) in [5.41, 5.74) is 34.0. The molecule has 0 aliphatic rings. The minimum atomic E-state index is 0.278. The standard InChI is InChI=1S/C41H28N4.2C38H30N4/c1-27-24-35(34-22-20-30-21-23-36(28-12-5-2-6-13-28)43-39(30)40(34)42-27)32-18-11-19-33(25-32)38-26-37(29-14-7-3-8-15-29)44-41(45-38)31-16-9-4-10-17-31;1-24(2)33-20-18-27-17-19-31-32(21-25(3)39-37(31)36(27)40-33)29-15-10-16-30(22-29)35-23-34(26-11-6-4-7-12-26)41-38(42-35)28-13-8-5-9-14-28;1-24(2)33-22-32(31-20-19-27-18-17-25(3)39-36(27)37(31)40-33)29-15-10-16-30(21-29)35-23-34(26-11-6-4-7-12-26)41-38(42-35)28-13-8-5-9-14-28/h2-26H,1H3;2*4-24H,1-3H3. The second-order valence-corrected chi connectivity index (χ2v) is 33.2. The van der Waals surface area contributed by atoms with Crippen LogP contribution in [0.25, 0.3) is 212 Å². The van der Waals surface area contributed by atoms with Gasteiger partial charge in [0.1, 0.15) is 0 Å². The summed E-state index contributed by atoms with van der Waals surface area (Å²) in [6, 6.07) is 136. The molecule has 0 unspecified atom stereocenters. The zero-order valence-corrected chi connectivity index (χ0v) is 72.5. The quantitative estimate of drug-likeness (QED) is 0.0897. The summed E-state index contributed by atoms with van der Waals surface area (Å²) < 4.78 is 0. The van der Waals surface area contributed by atoms with Crippen molar-refractivity contribution in [2.75, 3.05) is 0 Å². The van der Waals surface area contributed by atoms with Crippen LogP contribution in [-0.4, -0.2) is 59.8 Å². The highest BCUT2D eigenvalue weighted by Gasteiger charge is 2.22. The summed E-state index contributed by atoms with van der Waals surface area (Å²) in [7, 11) is 0. The molecule has 0 aliphatic heterocycles. The number of hydrogen-bond acceptors (Lipinski definition) is 12. The molecular weight excluding hydrogens is 1570 g/mol. The average molecular weight is 1660 g/mol. The molecule has 0 radical (unpaired) electrons. The van der Waals surface area contributed by atoms with E-state index in [0.717, 1.165) is 223 Å². The number of benzene rings is 13. The first-order chi connectivity index (χ1) is 63.3. The molecule has 0 spiro atoms. The fourth-order valence-electron chi connectivity index (χ4n) is 16.8. The van der Waals surface area contributed by atoms with E-state index >= 15 is 0 Å². The molecule has 22 aromatic rings. The van der Waals surface area contributed by atoms with Gasteiger partial charge in [-0.05, 0) is 139 Å². The normalized spacial score (nSPS) is 11.4. The Morgan fingerprint density at radius 3 is 0.791 bits per heavy atom. The van der Waals surface area contributed by atoms with Gasteiger partial charge >= 0.3 is 0 Å². The number of aryl methyl sites for hydroxylation is 3. The first-order valence-electron chi connectivity index (χ1n) is 43.8. The summed E-state index contributed by atoms with van der Waals surface area (Å²) in [6.07, 6.45) is 0. The molecule has 0 N–H and O–H groups in total. The van der Waals surface area contributed by atoms with E-state index in [2.05, 4.69) is 308 Å². The summed E-state index contributed by atoms with van der Waals surface area (Å²) in [6.45, 7) is 14.9. The Morgan fingerprint density at radius 2 is 0.426 bits per heavy atom. The third-order valence-electron chi connectivity index (χ3n) is 23.5. The largest absolute Gasteiger partial charge is 0.251 e. The molecule has 0 saturated heterocycles. The van der Waals surface area contributed by atoms with E-state index in [1.165, 1.54) is 0 Å². The van der Waals surface area contributed by atoms with Gasteiger partial charge in [-0.2, -0.15) is 0 Å². The van der Waals surface area contributed by atoms with Crippen LogP contribution in [0.4, 0.5) is 0 Å². The highest BCUT2D eigenvalue weighted by molar-refractivity contribution is 6.11. The molecule has 0 aliphatic carbocycles. The van der Waals surface area contributed by atoms with E-state index < -0.39 is 0 Å². The fraction of sp³-hybridized carbons (Fsp3) is 0.0769. The van der Waals surface area contributed by atoms with Crippen LogP contribution in [0.15, 0.2) is 394 Å². The predicted molar refractivity (Wildman–Crippen MR) is 531 cm³/mol. The predicted octanol–water partition coefficient (Wildman–Crippen LogP) is 29.6. The third-order valence-corrected chi connectivity index (χ3v) is 23.5. The molecule has 0 fully saturated rings. The molecule has 0 bridgehead atoms. The van der Waals surface area contributed by atoms with Crippen molar-refractivity contribution in [2.24, 2.45) is 0 Å². The van der Waals surface area contributed by atoms with Crippen molar-refractivity contribution >= 4 is 65.4 Å². The Bertz CT molecular complexity index is 7760. The maximum Gasteiger partial charge on any atom is 0.160 e. The second kappa shape index (κ2) is 35.7. The minimum absolute atomic E-state index is 0.278. The average Bonchev–Trinajstić information content (AvgIpc) is 0.756. The van der Waals surface area contributed by atoms with Crippen molar-refractivity contribution in [1.29, 1.82) is 0 Å². The van der Waals surface area contributed by atoms with Crippen LogP contribution in [0, 0.1) is 20.8 Å². The molecule has 0 atom stereocenters. The van der Waals surface area contributed by atoms with Crippen molar-refractivity contribution in [3.63, 3.8) is 0 Å². The number of aromatic nitrogens is 12. The molecule has 12 heteroatoms. The monoisotopic (exact) mass is 1660 g/mol. The van der Waals surface area contributed by atoms with Gasteiger partial charge in [0, 0.05) is 116 Å². The number of fused-ring (bicyclic) bond motifs is 9. The van der Waals surface area contributed by atoms with Gasteiger partial charge in [-0.1, -0.05) is 349 Å². The van der Waals surface area contributed by atoms with Crippen LogP contribution in [0.3, 0.4) is 0 Å². The smallest absolute Gasteiger partial charge is 0.160 e. The van der Waals surface area contributed by atoms with Crippen LogP contribution in [0.1, 0.15) is 68.0 Å². The van der Waals surface area contributed by atoms with E-state index in [9.17, 15) is 0 Å². The van der Waals surface area contributed by atoms with Crippen molar-refractivity contribution in [1.82, 2.24) is 59.8 Å². The molecule has 13 aromatic carbocycles. The molecule has 0 amide bonds. The van der Waals surface area contributed by atoms with Crippen molar-refractivity contribution in [3.05, 3.63) is 423 Å². The Balaban J connectivity index is 0.000000121. The van der Waals surface area contributed by atoms with Gasteiger partial charge < -0.3 is 0 Å². The lowest BCUT2D eigenvalue weighted by Crippen LogP contribution is -1.98. The third kappa shape index (κ3) is 17.1. The molecule has 22 rings (SSSR count). The van der Waals surface area contributed by atoms with Crippen LogP contribution >= 0.6 is 0 Å². The van der Waals surface area contributed by atoms with Crippen molar-refractivity contribution in [2.45, 2.75) is 60.3 Å². The van der Waals surface area contributed by atoms with Gasteiger partial charge in [0.15, 0.2) is 17.5 Å². The summed E-state index contributed by atoms with van der Waals surface area (Å²) in [5.74, 6) is 2.75. The Labute approximate surface area is 749 Å². The highest BCUT2D eigenvalue weighted by atomic mass is 14.9. The lowest BCUT2D eigenvalue weighted by molar-refractivity contribution is 0.830. The molecule has 12 nitrogen and oxygen atoms in total. The van der Waals surface area contributed by atoms with Crippen molar-refractivity contribution in [3.8, 4) is 146 Å². The molecular formula is C117H88N12. The van der Waals surface area contributed by atoms with E-state index in [1.54, 1.807) is 0 Å². The van der Waals surface area contributed by atoms with Gasteiger partial charge in [-0.3, -0.25) is 24.9 Å². The van der Waals surface area contributed by atoms with E-state index in [0.29, 0.717) is 23.4 Å². The number of hydrogen-bond donors (Lipinski definition) is 0. The fourth-order valence-corrected chi connectivity index (χ4v) is 16.8. The SMILES string of the molecule is Cc1cc(-c2cccc(-c3cc(-c4ccccc4)nc(-c4ccccc4)n3)c2)c2ccc3ccc(-c4ccccc4)nc3c2n1.Cc1cc(-c2cccc(-c3cc(-c4ccccc4)nc(-c4ccccc4)n3)c2)c2ccc3ccc(C(C)C)nc3c2n1.Cc1ccc2ccc3c(-c4cccc(-c5cc(-c6ccccc6)nc(-c6ccccc6)n5)c4)cc(C(C)C)nc3c2n1. The van der Waals surface area contributed by atoms with E-state index in [1.807, 2.05) is 134 Å². The second-order valence-electron chi connectivity index (χ2n) is 33.2. The highest BCUT2D eigenvalue weighted by Crippen LogP contribution is 2.42. The maximum absolute atomic E-state index is 5.12. The summed E-state index contributed by atoms with van der Waals surface area (Å²) >= 11 is 0. The van der Waals surface area contributed by atoms with Crippen LogP contribution < -0.4 is 0 Å². The van der Waals surface area contributed by atoms with E-state index in [-0.39, 0.29) is 5.92 Å². The van der Waals surface area contributed by atoms with Gasteiger partial charge in [-0.15, -0.1) is 0 Å². The Morgan fingerprint density at radius 1 is 0.163 bits per heavy atom. The minimum Gasteiger partial charge on any atom is -0.251 e. The maximum atomic E-state index is 5.12. The number of pyridine rings is 6. The van der Waals surface area contributed by atoms with Crippen LogP contribution in [-0.2, 0) is 0 Å². The molecule has 129 heavy (non-hydrogen) atoms. The Kier molecular flexibility index (Phi) is 22.4. The Hall–Kier alpha value is -16.4. The molecule has 0 saturated carbocycles. The lowest BCUT2D eigenvalue weighted by Gasteiger charge is -2.15. The van der Waals surface area contributed by atoms with Crippen molar-refractivity contribution < 1.29 is 0 Å². The van der Waals surface area contributed by atoms with Crippen LogP contribution in [0.2, 0.25) is 0 Å². The lowest BCUT2D eigenvalue weighted by atomic mass is 9.94.